The number of H-pyrrole nitrogens is 1. The zero-order valence-electron chi connectivity index (χ0n) is 14.7. The molecule has 2 saturated heterocycles. The second-order valence-electron chi connectivity index (χ2n) is 7.56. The number of nitrogens with one attached hydrogen (secondary N) is 1. The quantitative estimate of drug-likeness (QED) is 0.883. The normalized spacial score (nSPS) is 23.3. The second kappa shape index (κ2) is 7.90. The maximum atomic E-state index is 5.99. The first kappa shape index (κ1) is 17.1. The molecule has 4 nitrogen and oxygen atoms in total. The van der Waals surface area contributed by atoms with Crippen LogP contribution in [0.25, 0.3) is 0 Å². The molecule has 134 valence electrons. The van der Waals surface area contributed by atoms with Crippen LogP contribution < -0.4 is 0 Å². The number of aromatic nitrogens is 2. The number of piperidine rings is 1. The first-order valence-corrected chi connectivity index (χ1v) is 9.81. The fourth-order valence-electron chi connectivity index (χ4n) is 4.42. The topological polar surface area (TPSA) is 35.2 Å². The highest BCUT2D eigenvalue weighted by Crippen LogP contribution is 2.32. The average molecular weight is 359 g/mol. The summed E-state index contributed by atoms with van der Waals surface area (Å²) in [7, 11) is 0. The molecule has 2 aromatic rings. The van der Waals surface area contributed by atoms with Crippen molar-refractivity contribution in [2.24, 2.45) is 11.8 Å². The minimum absolute atomic E-state index is 0.823. The first-order valence-electron chi connectivity index (χ1n) is 9.43. The number of aromatic amines is 1. The first-order chi connectivity index (χ1) is 12.3. The van der Waals surface area contributed by atoms with E-state index in [-0.39, 0.29) is 0 Å². The second-order valence-corrected chi connectivity index (χ2v) is 8.00. The van der Waals surface area contributed by atoms with Gasteiger partial charge in [-0.05, 0) is 68.4 Å². The van der Waals surface area contributed by atoms with Crippen LogP contribution in [-0.4, -0.2) is 45.9 Å². The van der Waals surface area contributed by atoms with E-state index in [0.29, 0.717) is 0 Å². The van der Waals surface area contributed by atoms with E-state index in [2.05, 4.69) is 31.9 Å². The van der Waals surface area contributed by atoms with Crippen LogP contribution in [0.2, 0.25) is 5.02 Å². The number of hydrogen-bond acceptors (Lipinski definition) is 3. The van der Waals surface area contributed by atoms with Gasteiger partial charge in [-0.15, -0.1) is 0 Å². The Hall–Kier alpha value is -1.36. The highest BCUT2D eigenvalue weighted by molar-refractivity contribution is 6.30. The van der Waals surface area contributed by atoms with E-state index in [1.54, 1.807) is 0 Å². The van der Waals surface area contributed by atoms with Crippen LogP contribution in [0, 0.1) is 11.8 Å². The van der Waals surface area contributed by atoms with E-state index in [4.69, 9.17) is 11.6 Å². The van der Waals surface area contributed by atoms with Crippen LogP contribution in [0.15, 0.2) is 36.7 Å². The Kier molecular flexibility index (Phi) is 5.39. The van der Waals surface area contributed by atoms with Crippen molar-refractivity contribution in [3.63, 3.8) is 0 Å². The zero-order chi connectivity index (χ0) is 17.1. The van der Waals surface area contributed by atoms with E-state index < -0.39 is 0 Å². The van der Waals surface area contributed by atoms with Crippen LogP contribution in [0.4, 0.5) is 0 Å². The maximum absolute atomic E-state index is 5.99. The molecule has 0 spiro atoms. The molecule has 0 radical (unpaired) electrons. The molecule has 5 heteroatoms. The van der Waals surface area contributed by atoms with Crippen molar-refractivity contribution >= 4 is 11.6 Å². The minimum atomic E-state index is 0.823. The molecule has 1 atom stereocenters. The maximum Gasteiger partial charge on any atom is 0.120 e. The Morgan fingerprint density at radius 2 is 1.68 bits per heavy atom. The molecule has 2 aliphatic rings. The molecule has 4 rings (SSSR count). The van der Waals surface area contributed by atoms with Gasteiger partial charge in [0.25, 0.3) is 0 Å². The van der Waals surface area contributed by atoms with Gasteiger partial charge in [0, 0.05) is 30.5 Å². The van der Waals surface area contributed by atoms with E-state index in [9.17, 15) is 0 Å². The largest absolute Gasteiger partial charge is 0.348 e. The van der Waals surface area contributed by atoms with Crippen molar-refractivity contribution in [2.45, 2.75) is 32.4 Å². The summed E-state index contributed by atoms with van der Waals surface area (Å²) in [6, 6.07) is 8.31. The van der Waals surface area contributed by atoms with Crippen LogP contribution in [-0.2, 0) is 13.1 Å². The fourth-order valence-corrected chi connectivity index (χ4v) is 4.54. The number of halogens is 1. The monoisotopic (exact) mass is 358 g/mol. The number of nitrogens with zero attached hydrogens (tertiary/aromatic N) is 3. The van der Waals surface area contributed by atoms with Gasteiger partial charge < -0.3 is 4.98 Å². The van der Waals surface area contributed by atoms with E-state index in [1.807, 2.05) is 24.5 Å². The lowest BCUT2D eigenvalue weighted by molar-refractivity contribution is 0.139. The summed E-state index contributed by atoms with van der Waals surface area (Å²) in [5.41, 5.74) is 1.37. The summed E-state index contributed by atoms with van der Waals surface area (Å²) < 4.78 is 0. The van der Waals surface area contributed by atoms with Gasteiger partial charge in [-0.2, -0.15) is 0 Å². The van der Waals surface area contributed by atoms with Gasteiger partial charge in [-0.25, -0.2) is 4.98 Å². The lowest BCUT2D eigenvalue weighted by Crippen LogP contribution is -2.36. The van der Waals surface area contributed by atoms with Crippen LogP contribution in [0.3, 0.4) is 0 Å². The highest BCUT2D eigenvalue weighted by Gasteiger charge is 2.31. The minimum Gasteiger partial charge on any atom is -0.348 e. The third-order valence-electron chi connectivity index (χ3n) is 5.86. The van der Waals surface area contributed by atoms with E-state index >= 15 is 0 Å². The molecule has 0 amide bonds. The standard InChI is InChI=1S/C20H27ClN4/c21-19-3-1-16(2-4-19)13-25-12-7-18(14-25)17-5-10-24(11-6-17)15-20-22-8-9-23-20/h1-4,8-9,17-18H,5-7,10-15H2,(H,22,23). The Morgan fingerprint density at radius 3 is 2.40 bits per heavy atom. The van der Waals surface area contributed by atoms with Crippen LogP contribution in [0.5, 0.6) is 0 Å². The highest BCUT2D eigenvalue weighted by atomic mass is 35.5. The predicted octanol–water partition coefficient (Wildman–Crippen LogP) is 3.80. The van der Waals surface area contributed by atoms with Gasteiger partial charge in [-0.1, -0.05) is 23.7 Å². The predicted molar refractivity (Wildman–Crippen MR) is 101 cm³/mol. The van der Waals surface area contributed by atoms with Gasteiger partial charge in [0.05, 0.1) is 6.54 Å². The molecule has 1 unspecified atom stereocenters. The number of benzene rings is 1. The molecule has 0 saturated carbocycles. The lowest BCUT2D eigenvalue weighted by atomic mass is 9.84. The van der Waals surface area contributed by atoms with Crippen molar-refractivity contribution in [3.05, 3.63) is 53.1 Å². The molecule has 0 aliphatic carbocycles. The van der Waals surface area contributed by atoms with Gasteiger partial charge in [0.2, 0.25) is 0 Å². The summed E-state index contributed by atoms with van der Waals surface area (Å²) in [5.74, 6) is 2.86. The molecule has 1 aromatic heterocycles. The van der Waals surface area contributed by atoms with E-state index in [0.717, 1.165) is 35.8 Å². The van der Waals surface area contributed by atoms with Crippen molar-refractivity contribution in [1.29, 1.82) is 0 Å². The number of imidazole rings is 1. The molecule has 0 bridgehead atoms. The summed E-state index contributed by atoms with van der Waals surface area (Å²) in [6.45, 7) is 6.93. The molecule has 1 N–H and O–H groups in total. The van der Waals surface area contributed by atoms with Gasteiger partial charge in [0.1, 0.15) is 5.82 Å². The van der Waals surface area contributed by atoms with Gasteiger partial charge in [0.15, 0.2) is 0 Å². The Labute approximate surface area is 155 Å². The molecular weight excluding hydrogens is 332 g/mol. The summed E-state index contributed by atoms with van der Waals surface area (Å²) in [5, 5.41) is 0.823. The summed E-state index contributed by atoms with van der Waals surface area (Å²) in [6.07, 6.45) is 7.78. The third kappa shape index (κ3) is 4.43. The van der Waals surface area contributed by atoms with Crippen LogP contribution >= 0.6 is 11.6 Å². The van der Waals surface area contributed by atoms with E-state index in [1.165, 1.54) is 51.0 Å². The van der Waals surface area contributed by atoms with Crippen molar-refractivity contribution in [3.8, 4) is 0 Å². The van der Waals surface area contributed by atoms with Crippen molar-refractivity contribution < 1.29 is 0 Å². The van der Waals surface area contributed by atoms with Gasteiger partial charge >= 0.3 is 0 Å². The Morgan fingerprint density at radius 1 is 0.960 bits per heavy atom. The summed E-state index contributed by atoms with van der Waals surface area (Å²) in [4.78, 5) is 12.7. The molecule has 2 fully saturated rings. The smallest absolute Gasteiger partial charge is 0.120 e. The Bertz CT molecular complexity index is 647. The molecule has 1 aromatic carbocycles. The van der Waals surface area contributed by atoms with Gasteiger partial charge in [-0.3, -0.25) is 9.80 Å². The molecule has 25 heavy (non-hydrogen) atoms. The number of hydrogen-bond donors (Lipinski definition) is 1. The number of likely N-dealkylation sites (tertiary alicyclic amines) is 2. The van der Waals surface area contributed by atoms with Crippen molar-refractivity contribution in [2.75, 3.05) is 26.2 Å². The lowest BCUT2D eigenvalue weighted by Gasteiger charge is -2.34. The zero-order valence-corrected chi connectivity index (χ0v) is 15.5. The van der Waals surface area contributed by atoms with Crippen LogP contribution in [0.1, 0.15) is 30.7 Å². The molecule has 3 heterocycles. The fraction of sp³-hybridized carbons (Fsp3) is 0.550. The molecule has 2 aliphatic heterocycles. The molecular formula is C20H27ClN4. The summed E-state index contributed by atoms with van der Waals surface area (Å²) >= 11 is 5.99. The Balaban J connectivity index is 1.23. The SMILES string of the molecule is Clc1ccc(CN2CCC(C3CCN(Cc4ncc[nH]4)CC3)C2)cc1. The number of rotatable bonds is 5. The van der Waals surface area contributed by atoms with Crippen molar-refractivity contribution in [1.82, 2.24) is 19.8 Å². The average Bonchev–Trinajstić information content (AvgIpc) is 3.30. The third-order valence-corrected chi connectivity index (χ3v) is 6.11.